The van der Waals surface area contributed by atoms with Gasteiger partial charge in [-0.25, -0.2) is 0 Å². The largest absolute Gasteiger partial charge is 0.462 e. The molecule has 0 fully saturated rings. The van der Waals surface area contributed by atoms with Crippen molar-refractivity contribution in [3.05, 3.63) is 12.2 Å². The van der Waals surface area contributed by atoms with E-state index < -0.39 is 6.10 Å². The summed E-state index contributed by atoms with van der Waals surface area (Å²) in [5, 5.41) is 0. The highest BCUT2D eigenvalue weighted by atomic mass is 16.6. The molecule has 73 heavy (non-hydrogen) atoms. The predicted molar refractivity (Wildman–Crippen MR) is 317 cm³/mol. The van der Waals surface area contributed by atoms with Gasteiger partial charge in [0.25, 0.3) is 0 Å². The zero-order valence-electron chi connectivity index (χ0n) is 49.7. The maximum atomic E-state index is 12.8. The zero-order valence-corrected chi connectivity index (χ0v) is 49.7. The second kappa shape index (κ2) is 62.7. The molecule has 0 rings (SSSR count). The first-order valence-corrected chi connectivity index (χ1v) is 33.2. The Labute approximate surface area is 456 Å². The summed E-state index contributed by atoms with van der Waals surface area (Å²) in [6.07, 6.45) is 74.1. The van der Waals surface area contributed by atoms with Crippen molar-refractivity contribution in [1.82, 2.24) is 0 Å². The monoisotopic (exact) mass is 1030 g/mol. The van der Waals surface area contributed by atoms with E-state index in [9.17, 15) is 14.4 Å². The van der Waals surface area contributed by atoms with Crippen molar-refractivity contribution in [2.24, 2.45) is 0 Å². The van der Waals surface area contributed by atoms with E-state index in [0.29, 0.717) is 19.3 Å². The second-order valence-corrected chi connectivity index (χ2v) is 22.7. The van der Waals surface area contributed by atoms with Crippen molar-refractivity contribution in [2.75, 3.05) is 13.2 Å². The van der Waals surface area contributed by atoms with E-state index in [2.05, 4.69) is 32.9 Å². The van der Waals surface area contributed by atoms with Crippen LogP contribution in [0, 0.1) is 0 Å². The number of hydrogen-bond acceptors (Lipinski definition) is 6. The molecule has 0 aliphatic rings. The first-order valence-electron chi connectivity index (χ1n) is 33.2. The highest BCUT2D eigenvalue weighted by Gasteiger charge is 2.19. The SMILES string of the molecule is CCCCCCCCCC/C=C\CCCCCCCCCCCCCCCCCCCCCC(=O)OCC(COC(=O)CCCCCCCCC)OC(=O)CCCCCCCCCCCCCCCCCCC. The van der Waals surface area contributed by atoms with Crippen molar-refractivity contribution in [3.8, 4) is 0 Å². The van der Waals surface area contributed by atoms with Crippen LogP contribution in [0.4, 0.5) is 0 Å². The van der Waals surface area contributed by atoms with Crippen LogP contribution in [0.1, 0.15) is 380 Å². The Kier molecular flexibility index (Phi) is 61.1. The van der Waals surface area contributed by atoms with Crippen LogP contribution in [0.5, 0.6) is 0 Å². The molecule has 0 heterocycles. The summed E-state index contributed by atoms with van der Waals surface area (Å²) in [4.78, 5) is 38.0. The maximum Gasteiger partial charge on any atom is 0.306 e. The van der Waals surface area contributed by atoms with E-state index in [-0.39, 0.29) is 31.1 Å². The van der Waals surface area contributed by atoms with Crippen LogP contribution in [0.2, 0.25) is 0 Å². The van der Waals surface area contributed by atoms with E-state index in [1.165, 1.54) is 283 Å². The van der Waals surface area contributed by atoms with Crippen LogP contribution in [0.3, 0.4) is 0 Å². The maximum absolute atomic E-state index is 12.8. The highest BCUT2D eigenvalue weighted by Crippen LogP contribution is 2.18. The number of rotatable bonds is 62. The van der Waals surface area contributed by atoms with Crippen molar-refractivity contribution in [1.29, 1.82) is 0 Å². The van der Waals surface area contributed by atoms with Crippen molar-refractivity contribution >= 4 is 17.9 Å². The third-order valence-corrected chi connectivity index (χ3v) is 15.3. The molecule has 0 aliphatic carbocycles. The Morgan fingerprint density at radius 2 is 0.452 bits per heavy atom. The number of hydrogen-bond donors (Lipinski definition) is 0. The van der Waals surface area contributed by atoms with E-state index in [1.54, 1.807) is 0 Å². The predicted octanol–water partition coefficient (Wildman–Crippen LogP) is 22.4. The standard InChI is InChI=1S/C67H128O6/c1-4-7-10-13-16-18-20-22-24-26-27-28-29-30-31-32-33-34-35-36-37-38-39-41-42-44-46-48-51-54-57-60-66(69)72-63-64(62-71-65(68)59-56-53-50-15-12-9-6-3)73-67(70)61-58-55-52-49-47-45-43-40-25-23-21-19-17-14-11-8-5-2/h26-27,64H,4-25,28-63H2,1-3H3/b27-26-. The van der Waals surface area contributed by atoms with Gasteiger partial charge in [0.1, 0.15) is 13.2 Å². The zero-order chi connectivity index (χ0) is 52.9. The van der Waals surface area contributed by atoms with Gasteiger partial charge in [0, 0.05) is 19.3 Å². The van der Waals surface area contributed by atoms with Crippen LogP contribution in [0.15, 0.2) is 12.2 Å². The molecule has 0 bridgehead atoms. The van der Waals surface area contributed by atoms with Crippen molar-refractivity contribution in [3.63, 3.8) is 0 Å². The molecule has 0 saturated carbocycles. The highest BCUT2D eigenvalue weighted by molar-refractivity contribution is 5.71. The fourth-order valence-corrected chi connectivity index (χ4v) is 10.3. The van der Waals surface area contributed by atoms with E-state index >= 15 is 0 Å². The Hall–Kier alpha value is -1.85. The minimum Gasteiger partial charge on any atom is -0.462 e. The van der Waals surface area contributed by atoms with Gasteiger partial charge in [-0.05, 0) is 44.9 Å². The Morgan fingerprint density at radius 1 is 0.260 bits per heavy atom. The molecule has 0 aromatic heterocycles. The lowest BCUT2D eigenvalue weighted by atomic mass is 10.0. The smallest absolute Gasteiger partial charge is 0.306 e. The minimum absolute atomic E-state index is 0.0631. The first kappa shape index (κ1) is 71.2. The molecule has 0 aromatic rings. The van der Waals surface area contributed by atoms with Gasteiger partial charge < -0.3 is 14.2 Å². The molecule has 1 atom stereocenters. The Morgan fingerprint density at radius 3 is 0.685 bits per heavy atom. The summed E-state index contributed by atoms with van der Waals surface area (Å²) in [7, 11) is 0. The summed E-state index contributed by atoms with van der Waals surface area (Å²) < 4.78 is 16.9. The van der Waals surface area contributed by atoms with E-state index in [4.69, 9.17) is 14.2 Å². The lowest BCUT2D eigenvalue weighted by molar-refractivity contribution is -0.167. The van der Waals surface area contributed by atoms with Gasteiger partial charge in [0.05, 0.1) is 0 Å². The lowest BCUT2D eigenvalue weighted by Gasteiger charge is -2.18. The van der Waals surface area contributed by atoms with Crippen LogP contribution in [0.25, 0.3) is 0 Å². The van der Waals surface area contributed by atoms with Crippen molar-refractivity contribution < 1.29 is 28.6 Å². The molecule has 1 unspecified atom stereocenters. The molecule has 0 aromatic carbocycles. The first-order chi connectivity index (χ1) is 36.0. The van der Waals surface area contributed by atoms with Gasteiger partial charge in [-0.3, -0.25) is 14.4 Å². The third kappa shape index (κ3) is 60.9. The number of unbranched alkanes of at least 4 members (excludes halogenated alkanes) is 49. The molecule has 6 heteroatoms. The molecular weight excluding hydrogens is 901 g/mol. The molecule has 432 valence electrons. The van der Waals surface area contributed by atoms with Gasteiger partial charge in [-0.2, -0.15) is 0 Å². The van der Waals surface area contributed by atoms with Gasteiger partial charge in [-0.15, -0.1) is 0 Å². The average Bonchev–Trinajstić information content (AvgIpc) is 3.39. The van der Waals surface area contributed by atoms with Gasteiger partial charge >= 0.3 is 17.9 Å². The van der Waals surface area contributed by atoms with Gasteiger partial charge in [-0.1, -0.05) is 328 Å². The molecule has 0 saturated heterocycles. The molecular formula is C67H128O6. The summed E-state index contributed by atoms with van der Waals surface area (Å²) in [6.45, 7) is 6.67. The van der Waals surface area contributed by atoms with E-state index in [0.717, 1.165) is 57.8 Å². The molecule has 0 aliphatic heterocycles. The number of ether oxygens (including phenoxy) is 3. The molecule has 6 nitrogen and oxygen atoms in total. The molecule has 0 radical (unpaired) electrons. The normalized spacial score (nSPS) is 12.0. The van der Waals surface area contributed by atoms with Gasteiger partial charge in [0.15, 0.2) is 6.10 Å². The lowest BCUT2D eigenvalue weighted by Crippen LogP contribution is -2.30. The summed E-state index contributed by atoms with van der Waals surface area (Å²) in [5.41, 5.74) is 0. The average molecular weight is 1030 g/mol. The third-order valence-electron chi connectivity index (χ3n) is 15.3. The number of esters is 3. The molecule has 0 amide bonds. The van der Waals surface area contributed by atoms with Crippen molar-refractivity contribution in [2.45, 2.75) is 386 Å². The molecule has 0 spiro atoms. The number of carbonyl (C=O) groups is 3. The summed E-state index contributed by atoms with van der Waals surface area (Å²) in [6, 6.07) is 0. The topological polar surface area (TPSA) is 78.9 Å². The Bertz CT molecular complexity index is 1130. The second-order valence-electron chi connectivity index (χ2n) is 22.7. The van der Waals surface area contributed by atoms with Crippen LogP contribution in [-0.4, -0.2) is 37.2 Å². The van der Waals surface area contributed by atoms with Crippen LogP contribution in [-0.2, 0) is 28.6 Å². The number of carbonyl (C=O) groups excluding carboxylic acids is 3. The van der Waals surface area contributed by atoms with E-state index in [1.807, 2.05) is 0 Å². The fraction of sp³-hybridized carbons (Fsp3) is 0.925. The van der Waals surface area contributed by atoms with Gasteiger partial charge in [0.2, 0.25) is 0 Å². The minimum atomic E-state index is -0.762. The summed E-state index contributed by atoms with van der Waals surface area (Å²) >= 11 is 0. The van der Waals surface area contributed by atoms with Crippen LogP contribution < -0.4 is 0 Å². The quantitative estimate of drug-likeness (QED) is 0.0261. The Balaban J connectivity index is 3.96. The van der Waals surface area contributed by atoms with Crippen LogP contribution >= 0.6 is 0 Å². The number of allylic oxidation sites excluding steroid dienone is 2. The summed E-state index contributed by atoms with van der Waals surface area (Å²) in [5.74, 6) is -0.841. The fourth-order valence-electron chi connectivity index (χ4n) is 10.3. The molecule has 0 N–H and O–H groups in total.